The van der Waals surface area contributed by atoms with Crippen molar-refractivity contribution in [3.8, 4) is 5.75 Å². The summed E-state index contributed by atoms with van der Waals surface area (Å²) in [4.78, 5) is 12.4. The molecular formula is C21H17Cl2NO2. The van der Waals surface area contributed by atoms with Gasteiger partial charge >= 0.3 is 0 Å². The summed E-state index contributed by atoms with van der Waals surface area (Å²) in [6.07, 6.45) is 0. The van der Waals surface area contributed by atoms with E-state index in [0.29, 0.717) is 34.5 Å². The number of hydrogen-bond acceptors (Lipinski definition) is 2. The van der Waals surface area contributed by atoms with Crippen molar-refractivity contribution < 1.29 is 9.53 Å². The van der Waals surface area contributed by atoms with E-state index in [2.05, 4.69) is 5.32 Å². The van der Waals surface area contributed by atoms with Crippen LogP contribution in [0, 0.1) is 0 Å². The molecule has 0 saturated carbocycles. The second kappa shape index (κ2) is 8.75. The summed E-state index contributed by atoms with van der Waals surface area (Å²) in [5, 5.41) is 3.94. The highest BCUT2D eigenvalue weighted by Crippen LogP contribution is 2.21. The highest BCUT2D eigenvalue weighted by Gasteiger charge is 2.08. The van der Waals surface area contributed by atoms with Crippen LogP contribution >= 0.6 is 23.2 Å². The van der Waals surface area contributed by atoms with Gasteiger partial charge in [-0.05, 0) is 41.5 Å². The van der Waals surface area contributed by atoms with Crippen LogP contribution in [0.15, 0.2) is 72.8 Å². The van der Waals surface area contributed by atoms with Crippen molar-refractivity contribution >= 4 is 29.1 Å². The van der Waals surface area contributed by atoms with E-state index >= 15 is 0 Å². The van der Waals surface area contributed by atoms with Crippen LogP contribution < -0.4 is 10.1 Å². The fraction of sp³-hybridized carbons (Fsp3) is 0.0952. The van der Waals surface area contributed by atoms with Crippen molar-refractivity contribution in [2.45, 2.75) is 13.2 Å². The first-order valence-electron chi connectivity index (χ1n) is 8.11. The summed E-state index contributed by atoms with van der Waals surface area (Å²) in [7, 11) is 0. The van der Waals surface area contributed by atoms with Crippen molar-refractivity contribution in [3.05, 3.63) is 99.5 Å². The zero-order chi connectivity index (χ0) is 18.4. The predicted molar refractivity (Wildman–Crippen MR) is 105 cm³/mol. The third-order valence-corrected chi connectivity index (χ3v) is 4.39. The van der Waals surface area contributed by atoms with Gasteiger partial charge in [0.15, 0.2) is 0 Å². The summed E-state index contributed by atoms with van der Waals surface area (Å²) in [6.45, 7) is 0.774. The largest absolute Gasteiger partial charge is 0.489 e. The summed E-state index contributed by atoms with van der Waals surface area (Å²) in [6, 6.07) is 22.2. The Morgan fingerprint density at radius 1 is 0.923 bits per heavy atom. The Morgan fingerprint density at radius 3 is 2.50 bits per heavy atom. The average molecular weight is 386 g/mol. The molecule has 3 aromatic carbocycles. The third-order valence-electron chi connectivity index (χ3n) is 3.80. The molecule has 0 aromatic heterocycles. The van der Waals surface area contributed by atoms with E-state index in [-0.39, 0.29) is 5.91 Å². The highest BCUT2D eigenvalue weighted by molar-refractivity contribution is 6.35. The lowest BCUT2D eigenvalue weighted by Gasteiger charge is -2.10. The molecule has 0 heterocycles. The van der Waals surface area contributed by atoms with Gasteiger partial charge in [0.25, 0.3) is 5.91 Å². The number of hydrogen-bond donors (Lipinski definition) is 1. The maximum Gasteiger partial charge on any atom is 0.251 e. The number of carbonyl (C=O) groups is 1. The minimum absolute atomic E-state index is 0.193. The van der Waals surface area contributed by atoms with Gasteiger partial charge in [-0.1, -0.05) is 65.7 Å². The second-order valence-corrected chi connectivity index (χ2v) is 6.56. The first kappa shape index (κ1) is 18.3. The second-order valence-electron chi connectivity index (χ2n) is 5.72. The molecule has 132 valence electrons. The van der Waals surface area contributed by atoms with Crippen LogP contribution in [0.1, 0.15) is 21.5 Å². The topological polar surface area (TPSA) is 38.3 Å². The lowest BCUT2D eigenvalue weighted by molar-refractivity contribution is 0.0950. The molecule has 0 atom stereocenters. The molecular weight excluding hydrogens is 369 g/mol. The number of nitrogens with one attached hydrogen (secondary N) is 1. The molecule has 0 aliphatic carbocycles. The number of amides is 1. The fourth-order valence-electron chi connectivity index (χ4n) is 2.41. The van der Waals surface area contributed by atoms with Crippen LogP contribution in [0.5, 0.6) is 5.75 Å². The molecule has 3 nitrogen and oxygen atoms in total. The Hall–Kier alpha value is -2.49. The SMILES string of the molecule is O=C(NCc1ccc(Cl)cc1Cl)c1cccc(OCc2ccccc2)c1. The minimum atomic E-state index is -0.193. The van der Waals surface area contributed by atoms with Crippen LogP contribution in [0.4, 0.5) is 0 Å². The normalized spacial score (nSPS) is 10.4. The molecule has 0 bridgehead atoms. The Balaban J connectivity index is 1.60. The average Bonchev–Trinajstić information content (AvgIpc) is 2.66. The van der Waals surface area contributed by atoms with Gasteiger partial charge in [0.2, 0.25) is 0 Å². The molecule has 0 unspecified atom stereocenters. The monoisotopic (exact) mass is 385 g/mol. The van der Waals surface area contributed by atoms with Crippen LogP contribution in [-0.4, -0.2) is 5.91 Å². The summed E-state index contributed by atoms with van der Waals surface area (Å²) in [5.41, 5.74) is 2.40. The van der Waals surface area contributed by atoms with Crippen LogP contribution in [0.2, 0.25) is 10.0 Å². The number of benzene rings is 3. The predicted octanol–water partition coefficient (Wildman–Crippen LogP) is 5.50. The Morgan fingerprint density at radius 2 is 1.73 bits per heavy atom. The molecule has 0 aliphatic heterocycles. The lowest BCUT2D eigenvalue weighted by atomic mass is 10.2. The molecule has 0 aliphatic rings. The number of carbonyl (C=O) groups excluding carboxylic acids is 1. The van der Waals surface area contributed by atoms with Gasteiger partial charge < -0.3 is 10.1 Å². The Labute approximate surface area is 162 Å². The van der Waals surface area contributed by atoms with Gasteiger partial charge in [0.1, 0.15) is 12.4 Å². The maximum absolute atomic E-state index is 12.4. The third kappa shape index (κ3) is 5.01. The van der Waals surface area contributed by atoms with E-state index in [9.17, 15) is 4.79 Å². The molecule has 0 spiro atoms. The molecule has 0 radical (unpaired) electrons. The zero-order valence-electron chi connectivity index (χ0n) is 13.9. The fourth-order valence-corrected chi connectivity index (χ4v) is 2.89. The molecule has 3 rings (SSSR count). The van der Waals surface area contributed by atoms with Gasteiger partial charge in [-0.2, -0.15) is 0 Å². The first-order valence-corrected chi connectivity index (χ1v) is 8.86. The zero-order valence-corrected chi connectivity index (χ0v) is 15.4. The first-order chi connectivity index (χ1) is 12.6. The van der Waals surface area contributed by atoms with E-state index < -0.39 is 0 Å². The van der Waals surface area contributed by atoms with Crippen molar-refractivity contribution in [3.63, 3.8) is 0 Å². The van der Waals surface area contributed by atoms with Crippen molar-refractivity contribution in [1.82, 2.24) is 5.32 Å². The van der Waals surface area contributed by atoms with Gasteiger partial charge in [-0.25, -0.2) is 0 Å². The van der Waals surface area contributed by atoms with Crippen LogP contribution in [-0.2, 0) is 13.2 Å². The number of ether oxygens (including phenoxy) is 1. The number of halogens is 2. The summed E-state index contributed by atoms with van der Waals surface area (Å²) in [5.74, 6) is 0.451. The smallest absolute Gasteiger partial charge is 0.251 e. The molecule has 26 heavy (non-hydrogen) atoms. The Bertz CT molecular complexity index is 898. The van der Waals surface area contributed by atoms with E-state index in [1.54, 1.807) is 36.4 Å². The lowest BCUT2D eigenvalue weighted by Crippen LogP contribution is -2.22. The number of rotatable bonds is 6. The van der Waals surface area contributed by atoms with Crippen LogP contribution in [0.25, 0.3) is 0 Å². The maximum atomic E-state index is 12.4. The van der Waals surface area contributed by atoms with E-state index in [1.807, 2.05) is 36.4 Å². The van der Waals surface area contributed by atoms with Gasteiger partial charge in [0.05, 0.1) is 0 Å². The quantitative estimate of drug-likeness (QED) is 0.607. The highest BCUT2D eigenvalue weighted by atomic mass is 35.5. The van der Waals surface area contributed by atoms with E-state index in [1.165, 1.54) is 0 Å². The molecule has 0 fully saturated rings. The Kier molecular flexibility index (Phi) is 6.16. The van der Waals surface area contributed by atoms with Gasteiger partial charge in [-0.15, -0.1) is 0 Å². The summed E-state index contributed by atoms with van der Waals surface area (Å²) < 4.78 is 5.76. The minimum Gasteiger partial charge on any atom is -0.489 e. The van der Waals surface area contributed by atoms with E-state index in [0.717, 1.165) is 11.1 Å². The van der Waals surface area contributed by atoms with Crippen molar-refractivity contribution in [2.75, 3.05) is 0 Å². The van der Waals surface area contributed by atoms with Gasteiger partial charge in [-0.3, -0.25) is 4.79 Å². The van der Waals surface area contributed by atoms with Crippen molar-refractivity contribution in [2.24, 2.45) is 0 Å². The summed E-state index contributed by atoms with van der Waals surface area (Å²) >= 11 is 12.0. The van der Waals surface area contributed by atoms with Gasteiger partial charge in [0, 0.05) is 22.2 Å². The molecule has 3 aromatic rings. The molecule has 1 N–H and O–H groups in total. The van der Waals surface area contributed by atoms with E-state index in [4.69, 9.17) is 27.9 Å². The molecule has 5 heteroatoms. The molecule has 1 amide bonds. The van der Waals surface area contributed by atoms with Crippen LogP contribution in [0.3, 0.4) is 0 Å². The van der Waals surface area contributed by atoms with Crippen molar-refractivity contribution in [1.29, 1.82) is 0 Å². The molecule has 0 saturated heterocycles. The standard InChI is InChI=1S/C21H17Cl2NO2/c22-18-10-9-17(20(23)12-18)13-24-21(25)16-7-4-8-19(11-16)26-14-15-5-2-1-3-6-15/h1-12H,13-14H2,(H,24,25).